The topological polar surface area (TPSA) is 124 Å². The summed E-state index contributed by atoms with van der Waals surface area (Å²) in [6.45, 7) is -0.351. The van der Waals surface area contributed by atoms with Crippen LogP contribution >= 0.6 is 0 Å². The quantitative estimate of drug-likeness (QED) is 0.480. The summed E-state index contributed by atoms with van der Waals surface area (Å²) in [7, 11) is 0. The number of fused-ring (bicyclic) bond motifs is 1. The molecule has 0 aliphatic heterocycles. The molecule has 0 radical (unpaired) electrons. The normalized spacial score (nSPS) is 26.9. The Morgan fingerprint density at radius 2 is 2.16 bits per heavy atom. The minimum Gasteiger partial charge on any atom is -0.392 e. The van der Waals surface area contributed by atoms with E-state index in [2.05, 4.69) is 15.0 Å². The van der Waals surface area contributed by atoms with Gasteiger partial charge in [0.2, 0.25) is 0 Å². The number of aromatic nitrogens is 4. The van der Waals surface area contributed by atoms with Gasteiger partial charge >= 0.3 is 0 Å². The van der Waals surface area contributed by atoms with Crippen LogP contribution in [-0.4, -0.2) is 53.7 Å². The highest BCUT2D eigenvalue weighted by Gasteiger charge is 2.36. The molecule has 0 unspecified atom stereocenters. The summed E-state index contributed by atoms with van der Waals surface area (Å²) < 4.78 is 1.44. The van der Waals surface area contributed by atoms with Crippen LogP contribution in [0, 0.1) is 0 Å². The summed E-state index contributed by atoms with van der Waals surface area (Å²) in [5.74, 6) is 0. The maximum Gasteiger partial charge on any atom is 0.276 e. The summed E-state index contributed by atoms with van der Waals surface area (Å²) in [4.78, 5) is 22.1. The van der Waals surface area contributed by atoms with E-state index in [0.717, 1.165) is 0 Å². The third-order valence-electron chi connectivity index (χ3n) is 3.31. The van der Waals surface area contributed by atoms with Crippen molar-refractivity contribution < 1.29 is 15.3 Å². The summed E-state index contributed by atoms with van der Waals surface area (Å²) in [6, 6.07) is -0.660. The van der Waals surface area contributed by atoms with E-state index in [4.69, 9.17) is 5.11 Å². The maximum absolute atomic E-state index is 11.8. The predicted octanol–water partition coefficient (Wildman–Crippen LogP) is -1.69. The molecular weight excluding hydrogens is 252 g/mol. The fourth-order valence-corrected chi connectivity index (χ4v) is 2.32. The monoisotopic (exact) mass is 264 g/mol. The molecule has 1 aliphatic rings. The maximum atomic E-state index is 11.8. The van der Waals surface area contributed by atoms with Crippen LogP contribution in [0.2, 0.25) is 0 Å². The number of aliphatic hydroxyl groups is 3. The van der Waals surface area contributed by atoms with Gasteiger partial charge in [0.15, 0.2) is 11.2 Å². The summed E-state index contributed by atoms with van der Waals surface area (Å²) in [6.07, 6.45) is 1.87. The SMILES string of the molecule is O=c1[nH]cnc2ncn([C@@H]3C=C(CO)[C@@H](O)[C@H]3O)c12. The van der Waals surface area contributed by atoms with Crippen LogP contribution in [0.5, 0.6) is 0 Å². The van der Waals surface area contributed by atoms with E-state index in [9.17, 15) is 15.0 Å². The van der Waals surface area contributed by atoms with Gasteiger partial charge < -0.3 is 24.9 Å². The Kier molecular flexibility index (Phi) is 2.70. The van der Waals surface area contributed by atoms with Gasteiger partial charge in [-0.25, -0.2) is 9.97 Å². The molecule has 2 aromatic rings. The Morgan fingerprint density at radius 1 is 1.37 bits per heavy atom. The second kappa shape index (κ2) is 4.26. The number of nitrogens with one attached hydrogen (secondary N) is 1. The van der Waals surface area contributed by atoms with Crippen molar-refractivity contribution in [2.75, 3.05) is 6.61 Å². The van der Waals surface area contributed by atoms with Crippen LogP contribution in [0.25, 0.3) is 11.2 Å². The molecule has 0 aromatic carbocycles. The first kappa shape index (κ1) is 12.0. The van der Waals surface area contributed by atoms with E-state index < -0.39 is 18.2 Å². The van der Waals surface area contributed by atoms with Gasteiger partial charge in [0.25, 0.3) is 5.56 Å². The minimum atomic E-state index is -1.15. The summed E-state index contributed by atoms with van der Waals surface area (Å²) in [5.41, 5.74) is 0.417. The van der Waals surface area contributed by atoms with Crippen molar-refractivity contribution in [2.45, 2.75) is 18.2 Å². The molecule has 0 saturated heterocycles. The molecule has 8 heteroatoms. The van der Waals surface area contributed by atoms with Gasteiger partial charge in [-0.3, -0.25) is 4.79 Å². The number of hydrogen-bond donors (Lipinski definition) is 4. The predicted molar refractivity (Wildman–Crippen MR) is 64.4 cm³/mol. The van der Waals surface area contributed by atoms with Crippen molar-refractivity contribution in [1.29, 1.82) is 0 Å². The van der Waals surface area contributed by atoms with Crippen LogP contribution in [0.4, 0.5) is 0 Å². The zero-order chi connectivity index (χ0) is 13.6. The van der Waals surface area contributed by atoms with E-state index in [1.165, 1.54) is 23.3 Å². The van der Waals surface area contributed by atoms with E-state index in [1.54, 1.807) is 0 Å². The zero-order valence-electron chi connectivity index (χ0n) is 9.76. The van der Waals surface area contributed by atoms with Crippen molar-refractivity contribution in [3.63, 3.8) is 0 Å². The molecule has 0 amide bonds. The number of hydrogen-bond acceptors (Lipinski definition) is 6. The lowest BCUT2D eigenvalue weighted by Gasteiger charge is -2.18. The number of rotatable bonds is 2. The first-order valence-electron chi connectivity index (χ1n) is 5.71. The van der Waals surface area contributed by atoms with Crippen molar-refractivity contribution >= 4 is 11.2 Å². The van der Waals surface area contributed by atoms with Crippen LogP contribution < -0.4 is 5.56 Å². The number of H-pyrrole nitrogens is 1. The molecule has 0 spiro atoms. The van der Waals surface area contributed by atoms with Crippen LogP contribution in [0.15, 0.2) is 29.1 Å². The Balaban J connectivity index is 2.16. The molecule has 100 valence electrons. The van der Waals surface area contributed by atoms with Crippen molar-refractivity contribution in [2.24, 2.45) is 0 Å². The smallest absolute Gasteiger partial charge is 0.276 e. The van der Waals surface area contributed by atoms with Crippen molar-refractivity contribution in [1.82, 2.24) is 19.5 Å². The Hall–Kier alpha value is -2.03. The van der Waals surface area contributed by atoms with Gasteiger partial charge in [-0.2, -0.15) is 0 Å². The minimum absolute atomic E-state index is 0.217. The van der Waals surface area contributed by atoms with Gasteiger partial charge in [-0.05, 0) is 5.57 Å². The molecule has 0 bridgehead atoms. The molecule has 0 saturated carbocycles. The molecule has 3 rings (SSSR count). The van der Waals surface area contributed by atoms with Gasteiger partial charge in [0.1, 0.15) is 12.2 Å². The third-order valence-corrected chi connectivity index (χ3v) is 3.31. The molecule has 19 heavy (non-hydrogen) atoms. The van der Waals surface area contributed by atoms with Crippen LogP contribution in [0.3, 0.4) is 0 Å². The lowest BCUT2D eigenvalue weighted by molar-refractivity contribution is 0.0288. The van der Waals surface area contributed by atoms with Crippen LogP contribution in [-0.2, 0) is 0 Å². The Bertz CT molecular complexity index is 704. The lowest BCUT2D eigenvalue weighted by atomic mass is 10.1. The summed E-state index contributed by atoms with van der Waals surface area (Å²) in [5, 5.41) is 28.8. The lowest BCUT2D eigenvalue weighted by Crippen LogP contribution is -2.30. The molecule has 3 atom stereocenters. The number of nitrogens with zero attached hydrogens (tertiary/aromatic N) is 3. The average Bonchev–Trinajstić information content (AvgIpc) is 2.94. The van der Waals surface area contributed by atoms with Gasteiger partial charge in [0.05, 0.1) is 25.3 Å². The summed E-state index contributed by atoms with van der Waals surface area (Å²) >= 11 is 0. The highest BCUT2D eigenvalue weighted by Crippen LogP contribution is 2.30. The first-order valence-corrected chi connectivity index (χ1v) is 5.71. The van der Waals surface area contributed by atoms with Crippen LogP contribution in [0.1, 0.15) is 6.04 Å². The van der Waals surface area contributed by atoms with E-state index in [0.29, 0.717) is 5.57 Å². The molecule has 4 N–H and O–H groups in total. The standard InChI is InChI=1S/C11H12N4O4/c16-2-5-1-6(9(18)8(5)17)15-4-14-10-7(15)11(19)13-3-12-10/h1,3-4,6,8-9,16-18H,2H2,(H,12,13,19)/t6-,8-,9+/m1/s1. The number of aromatic amines is 1. The molecule has 1 aliphatic carbocycles. The molecule has 2 heterocycles. The molecule has 8 nitrogen and oxygen atoms in total. The second-order valence-corrected chi connectivity index (χ2v) is 4.38. The Labute approximate surface area is 106 Å². The fourth-order valence-electron chi connectivity index (χ4n) is 2.32. The molecule has 0 fully saturated rings. The van der Waals surface area contributed by atoms with Gasteiger partial charge in [-0.15, -0.1) is 0 Å². The largest absolute Gasteiger partial charge is 0.392 e. The molecular formula is C11H12N4O4. The second-order valence-electron chi connectivity index (χ2n) is 4.38. The third kappa shape index (κ3) is 1.69. The number of aliphatic hydroxyl groups excluding tert-OH is 3. The van der Waals surface area contributed by atoms with Crippen molar-refractivity contribution in [3.05, 3.63) is 34.7 Å². The number of imidazole rings is 1. The zero-order valence-corrected chi connectivity index (χ0v) is 9.76. The fraction of sp³-hybridized carbons (Fsp3) is 0.364. The van der Waals surface area contributed by atoms with E-state index in [-0.39, 0.29) is 23.3 Å². The van der Waals surface area contributed by atoms with Crippen molar-refractivity contribution in [3.8, 4) is 0 Å². The first-order chi connectivity index (χ1) is 9.13. The van der Waals surface area contributed by atoms with Gasteiger partial charge in [0, 0.05) is 0 Å². The highest BCUT2D eigenvalue weighted by molar-refractivity contribution is 5.69. The highest BCUT2D eigenvalue weighted by atomic mass is 16.3. The average molecular weight is 264 g/mol. The van der Waals surface area contributed by atoms with Gasteiger partial charge in [-0.1, -0.05) is 6.08 Å². The van der Waals surface area contributed by atoms with E-state index in [1.807, 2.05) is 0 Å². The molecule has 2 aromatic heterocycles. The van der Waals surface area contributed by atoms with E-state index >= 15 is 0 Å². The Morgan fingerprint density at radius 3 is 2.84 bits per heavy atom.